The van der Waals surface area contributed by atoms with Crippen LogP contribution in [0.5, 0.6) is 0 Å². The highest BCUT2D eigenvalue weighted by atomic mass is 19.4. The average molecular weight is 393 g/mol. The van der Waals surface area contributed by atoms with Gasteiger partial charge >= 0.3 is 6.18 Å². The van der Waals surface area contributed by atoms with Gasteiger partial charge < -0.3 is 5.32 Å². The Morgan fingerprint density at radius 1 is 0.897 bits per heavy atom. The van der Waals surface area contributed by atoms with Crippen molar-refractivity contribution < 1.29 is 18.0 Å². The van der Waals surface area contributed by atoms with E-state index in [-0.39, 0.29) is 5.91 Å². The van der Waals surface area contributed by atoms with Crippen LogP contribution in [0.25, 0.3) is 22.2 Å². The topological polar surface area (TPSA) is 54.9 Å². The van der Waals surface area contributed by atoms with Crippen molar-refractivity contribution in [3.8, 4) is 11.3 Å². The van der Waals surface area contributed by atoms with Crippen LogP contribution >= 0.6 is 0 Å². The average Bonchev–Trinajstić information content (AvgIpc) is 2.73. The number of benzene rings is 2. The van der Waals surface area contributed by atoms with Gasteiger partial charge in [-0.1, -0.05) is 30.3 Å². The molecule has 0 aliphatic heterocycles. The second-order valence-electron chi connectivity index (χ2n) is 6.34. The van der Waals surface area contributed by atoms with Crippen molar-refractivity contribution in [2.75, 3.05) is 5.32 Å². The Kier molecular flexibility index (Phi) is 4.72. The molecule has 2 aromatic heterocycles. The third kappa shape index (κ3) is 3.94. The summed E-state index contributed by atoms with van der Waals surface area (Å²) in [6, 6.07) is 16.9. The zero-order valence-corrected chi connectivity index (χ0v) is 14.9. The molecule has 4 rings (SSSR count). The second kappa shape index (κ2) is 7.35. The molecule has 0 fully saturated rings. The number of nitrogens with one attached hydrogen (secondary N) is 1. The van der Waals surface area contributed by atoms with E-state index in [4.69, 9.17) is 0 Å². The van der Waals surface area contributed by atoms with E-state index in [0.29, 0.717) is 28.0 Å². The van der Waals surface area contributed by atoms with Gasteiger partial charge in [0.1, 0.15) is 0 Å². The standard InChI is InChI=1S/C22H14F3N3O/c23-22(24,25)16-9-6-14(7-10-16)19-11-8-15-3-1-5-18(20(15)28-19)21(29)27-17-4-2-12-26-13-17/h1-13H,(H,27,29). The highest BCUT2D eigenvalue weighted by Crippen LogP contribution is 2.31. The van der Waals surface area contributed by atoms with E-state index in [9.17, 15) is 18.0 Å². The lowest BCUT2D eigenvalue weighted by molar-refractivity contribution is -0.137. The monoisotopic (exact) mass is 393 g/mol. The number of hydrogen-bond donors (Lipinski definition) is 1. The zero-order chi connectivity index (χ0) is 20.4. The van der Waals surface area contributed by atoms with Crippen molar-refractivity contribution >= 4 is 22.5 Å². The summed E-state index contributed by atoms with van der Waals surface area (Å²) in [4.78, 5) is 21.2. The van der Waals surface area contributed by atoms with Crippen LogP contribution in [0.15, 0.2) is 79.1 Å². The molecular formula is C22H14F3N3O. The molecule has 1 amide bonds. The number of amides is 1. The number of alkyl halides is 3. The van der Waals surface area contributed by atoms with E-state index < -0.39 is 11.7 Å². The van der Waals surface area contributed by atoms with Crippen molar-refractivity contribution in [3.63, 3.8) is 0 Å². The Bertz CT molecular complexity index is 1170. The van der Waals surface area contributed by atoms with Gasteiger partial charge in [0.25, 0.3) is 5.91 Å². The Labute approximate surface area is 164 Å². The first-order valence-corrected chi connectivity index (χ1v) is 8.70. The molecule has 0 bridgehead atoms. The van der Waals surface area contributed by atoms with E-state index in [1.807, 2.05) is 6.07 Å². The molecule has 2 heterocycles. The third-order valence-electron chi connectivity index (χ3n) is 4.39. The number of rotatable bonds is 3. The molecule has 0 unspecified atom stereocenters. The van der Waals surface area contributed by atoms with Gasteiger partial charge in [-0.05, 0) is 36.4 Å². The van der Waals surface area contributed by atoms with E-state index in [0.717, 1.165) is 17.5 Å². The van der Waals surface area contributed by atoms with Gasteiger partial charge in [0.15, 0.2) is 0 Å². The summed E-state index contributed by atoms with van der Waals surface area (Å²) >= 11 is 0. The Hall–Kier alpha value is -3.74. The fourth-order valence-electron chi connectivity index (χ4n) is 2.96. The minimum atomic E-state index is -4.40. The summed E-state index contributed by atoms with van der Waals surface area (Å²) in [6.07, 6.45) is -1.26. The predicted octanol–water partition coefficient (Wildman–Crippen LogP) is 5.57. The highest BCUT2D eigenvalue weighted by Gasteiger charge is 2.30. The molecule has 0 saturated carbocycles. The summed E-state index contributed by atoms with van der Waals surface area (Å²) in [5, 5.41) is 3.52. The summed E-state index contributed by atoms with van der Waals surface area (Å²) in [7, 11) is 0. The van der Waals surface area contributed by atoms with Gasteiger partial charge in [-0.2, -0.15) is 13.2 Å². The van der Waals surface area contributed by atoms with Crippen LogP contribution < -0.4 is 5.32 Å². The first-order chi connectivity index (χ1) is 13.9. The van der Waals surface area contributed by atoms with Crippen LogP contribution in [0.1, 0.15) is 15.9 Å². The lowest BCUT2D eigenvalue weighted by atomic mass is 10.0. The summed E-state index contributed by atoms with van der Waals surface area (Å²) in [5.41, 5.74) is 1.66. The maximum absolute atomic E-state index is 12.8. The van der Waals surface area contributed by atoms with Crippen LogP contribution in [0.3, 0.4) is 0 Å². The summed E-state index contributed by atoms with van der Waals surface area (Å²) in [5.74, 6) is -0.347. The van der Waals surface area contributed by atoms with Gasteiger partial charge in [0.2, 0.25) is 0 Å². The van der Waals surface area contributed by atoms with Crippen LogP contribution in [-0.2, 0) is 6.18 Å². The molecule has 4 nitrogen and oxygen atoms in total. The molecule has 0 spiro atoms. The number of carbonyl (C=O) groups is 1. The van der Waals surface area contributed by atoms with Gasteiger partial charge in [-0.3, -0.25) is 9.78 Å². The fourth-order valence-corrected chi connectivity index (χ4v) is 2.96. The smallest absolute Gasteiger partial charge is 0.321 e. The van der Waals surface area contributed by atoms with E-state index >= 15 is 0 Å². The van der Waals surface area contributed by atoms with E-state index in [1.165, 1.54) is 18.3 Å². The van der Waals surface area contributed by atoms with Crippen molar-refractivity contribution in [2.45, 2.75) is 6.18 Å². The SMILES string of the molecule is O=C(Nc1cccnc1)c1cccc2ccc(-c3ccc(C(F)(F)F)cc3)nc12. The van der Waals surface area contributed by atoms with Crippen molar-refractivity contribution in [3.05, 3.63) is 90.3 Å². The van der Waals surface area contributed by atoms with E-state index in [1.54, 1.807) is 42.6 Å². The van der Waals surface area contributed by atoms with Crippen LogP contribution in [0.2, 0.25) is 0 Å². The Morgan fingerprint density at radius 3 is 2.38 bits per heavy atom. The number of para-hydroxylation sites is 1. The fraction of sp³-hybridized carbons (Fsp3) is 0.0455. The number of nitrogens with zero attached hydrogens (tertiary/aromatic N) is 2. The molecule has 0 radical (unpaired) electrons. The normalized spacial score (nSPS) is 11.4. The summed E-state index contributed by atoms with van der Waals surface area (Å²) in [6.45, 7) is 0. The number of fused-ring (bicyclic) bond motifs is 1. The molecule has 0 saturated heterocycles. The quantitative estimate of drug-likeness (QED) is 0.495. The maximum atomic E-state index is 12.8. The highest BCUT2D eigenvalue weighted by molar-refractivity contribution is 6.12. The van der Waals surface area contributed by atoms with Gasteiger partial charge in [-0.15, -0.1) is 0 Å². The number of hydrogen-bond acceptors (Lipinski definition) is 3. The zero-order valence-electron chi connectivity index (χ0n) is 14.9. The molecule has 29 heavy (non-hydrogen) atoms. The van der Waals surface area contributed by atoms with Gasteiger partial charge in [0.05, 0.1) is 34.2 Å². The van der Waals surface area contributed by atoms with E-state index in [2.05, 4.69) is 15.3 Å². The predicted molar refractivity (Wildman–Crippen MR) is 104 cm³/mol. The minimum absolute atomic E-state index is 0.347. The van der Waals surface area contributed by atoms with Crippen LogP contribution in [0, 0.1) is 0 Å². The molecule has 144 valence electrons. The lowest BCUT2D eigenvalue weighted by Crippen LogP contribution is -2.13. The summed E-state index contributed by atoms with van der Waals surface area (Å²) < 4.78 is 38.4. The molecular weight excluding hydrogens is 379 g/mol. The first-order valence-electron chi connectivity index (χ1n) is 8.70. The Balaban J connectivity index is 1.72. The number of aromatic nitrogens is 2. The van der Waals surface area contributed by atoms with Crippen molar-refractivity contribution in [1.29, 1.82) is 0 Å². The van der Waals surface area contributed by atoms with Gasteiger partial charge in [-0.25, -0.2) is 4.98 Å². The first kappa shape index (κ1) is 18.6. The van der Waals surface area contributed by atoms with Gasteiger partial charge in [0, 0.05) is 17.1 Å². The molecule has 4 aromatic rings. The lowest BCUT2D eigenvalue weighted by Gasteiger charge is -2.10. The van der Waals surface area contributed by atoms with Crippen LogP contribution in [0.4, 0.5) is 18.9 Å². The minimum Gasteiger partial charge on any atom is -0.321 e. The molecule has 7 heteroatoms. The third-order valence-corrected chi connectivity index (χ3v) is 4.39. The molecule has 0 atom stereocenters. The number of halogens is 3. The maximum Gasteiger partial charge on any atom is 0.416 e. The Morgan fingerprint density at radius 2 is 1.69 bits per heavy atom. The largest absolute Gasteiger partial charge is 0.416 e. The molecule has 2 aromatic carbocycles. The molecule has 0 aliphatic carbocycles. The molecule has 1 N–H and O–H groups in total. The van der Waals surface area contributed by atoms with Crippen molar-refractivity contribution in [1.82, 2.24) is 9.97 Å². The number of carbonyl (C=O) groups excluding carboxylic acids is 1. The second-order valence-corrected chi connectivity index (χ2v) is 6.34. The van der Waals surface area contributed by atoms with Crippen molar-refractivity contribution in [2.24, 2.45) is 0 Å². The van der Waals surface area contributed by atoms with Crippen LogP contribution in [-0.4, -0.2) is 15.9 Å². The number of anilines is 1. The molecule has 0 aliphatic rings. The number of pyridine rings is 2.